The molecule has 1 aliphatic rings. The third kappa shape index (κ3) is 4.46. The highest BCUT2D eigenvalue weighted by molar-refractivity contribution is 5.89. The Labute approximate surface area is 180 Å². The van der Waals surface area contributed by atoms with Crippen LogP contribution in [0.3, 0.4) is 0 Å². The predicted molar refractivity (Wildman–Crippen MR) is 119 cm³/mol. The van der Waals surface area contributed by atoms with Crippen LogP contribution in [0.2, 0.25) is 0 Å². The van der Waals surface area contributed by atoms with Gasteiger partial charge < -0.3 is 29.5 Å². The van der Waals surface area contributed by atoms with Gasteiger partial charge in [-0.25, -0.2) is 14.8 Å². The third-order valence-electron chi connectivity index (χ3n) is 5.47. The maximum absolute atomic E-state index is 11.3. The van der Waals surface area contributed by atoms with Crippen LogP contribution >= 0.6 is 0 Å². The average molecular weight is 422 g/mol. The average Bonchev–Trinajstić information content (AvgIpc) is 3.17. The van der Waals surface area contributed by atoms with E-state index in [1.165, 1.54) is 0 Å². The van der Waals surface area contributed by atoms with Gasteiger partial charge in [-0.15, -0.1) is 0 Å². The summed E-state index contributed by atoms with van der Waals surface area (Å²) < 4.78 is 7.35. The molecule has 162 valence electrons. The number of carbonyl (C=O) groups is 1. The summed E-state index contributed by atoms with van der Waals surface area (Å²) in [5, 5.41) is 12.4. The summed E-state index contributed by atoms with van der Waals surface area (Å²) >= 11 is 0. The normalized spacial score (nSPS) is 14.5. The van der Waals surface area contributed by atoms with Gasteiger partial charge in [-0.05, 0) is 31.3 Å². The fraction of sp³-hybridized carbons (Fsp3) is 0.318. The zero-order valence-electron chi connectivity index (χ0n) is 17.9. The van der Waals surface area contributed by atoms with Crippen LogP contribution in [0, 0.1) is 0 Å². The van der Waals surface area contributed by atoms with Crippen molar-refractivity contribution in [3.05, 3.63) is 48.3 Å². The number of hydrogen-bond donors (Lipinski definition) is 2. The number of nitrogens with zero attached hydrogens (tertiary/aromatic N) is 5. The molecule has 9 heteroatoms. The molecule has 0 amide bonds. The van der Waals surface area contributed by atoms with E-state index < -0.39 is 5.97 Å². The lowest BCUT2D eigenvalue weighted by molar-refractivity contribution is 0.0697. The van der Waals surface area contributed by atoms with Crippen LogP contribution in [-0.4, -0.2) is 70.8 Å². The molecule has 1 fully saturated rings. The Morgan fingerprint density at radius 1 is 1.13 bits per heavy atom. The lowest BCUT2D eigenvalue weighted by Gasteiger charge is -2.34. The minimum Gasteiger partial charge on any atom is -0.494 e. The fourth-order valence-electron chi connectivity index (χ4n) is 3.66. The fourth-order valence-corrected chi connectivity index (χ4v) is 3.66. The van der Waals surface area contributed by atoms with E-state index in [2.05, 4.69) is 38.2 Å². The summed E-state index contributed by atoms with van der Waals surface area (Å²) in [6.45, 7) is 4.02. The van der Waals surface area contributed by atoms with Crippen molar-refractivity contribution in [1.29, 1.82) is 0 Å². The summed E-state index contributed by atoms with van der Waals surface area (Å²) in [5.74, 6) is 0.137. The molecule has 0 atom stereocenters. The predicted octanol–water partition coefficient (Wildman–Crippen LogP) is 2.68. The Bertz CT molecular complexity index is 1090. The van der Waals surface area contributed by atoms with Gasteiger partial charge in [0.1, 0.15) is 5.75 Å². The first kappa shape index (κ1) is 20.7. The molecule has 0 radical (unpaired) electrons. The maximum Gasteiger partial charge on any atom is 0.337 e. The number of carboxylic acids is 1. The SMILES string of the molecule is COc1cc(N2CCN(C)CC2)ccc1Nc1nccc(-c2cc(C(=O)O)cn2C)n1. The van der Waals surface area contributed by atoms with Crippen LogP contribution in [0.1, 0.15) is 10.4 Å². The molecule has 4 rings (SSSR count). The van der Waals surface area contributed by atoms with Gasteiger partial charge in [0, 0.05) is 57.4 Å². The molecule has 2 N–H and O–H groups in total. The van der Waals surface area contributed by atoms with Gasteiger partial charge in [0.05, 0.1) is 29.7 Å². The first-order valence-corrected chi connectivity index (χ1v) is 10.1. The lowest BCUT2D eigenvalue weighted by Crippen LogP contribution is -2.44. The van der Waals surface area contributed by atoms with Gasteiger partial charge in [-0.1, -0.05) is 0 Å². The molecule has 1 aliphatic heterocycles. The van der Waals surface area contributed by atoms with Gasteiger partial charge in [0.2, 0.25) is 5.95 Å². The van der Waals surface area contributed by atoms with E-state index in [0.29, 0.717) is 23.1 Å². The highest BCUT2D eigenvalue weighted by Crippen LogP contribution is 2.32. The van der Waals surface area contributed by atoms with Crippen LogP contribution in [0.5, 0.6) is 5.75 Å². The topological polar surface area (TPSA) is 95.8 Å². The van der Waals surface area contributed by atoms with Crippen molar-refractivity contribution in [2.45, 2.75) is 0 Å². The molecule has 3 heterocycles. The first-order valence-electron chi connectivity index (χ1n) is 10.1. The molecule has 3 aromatic rings. The Morgan fingerprint density at radius 3 is 2.58 bits per heavy atom. The van der Waals surface area contributed by atoms with Crippen molar-refractivity contribution >= 4 is 23.3 Å². The smallest absolute Gasteiger partial charge is 0.337 e. The maximum atomic E-state index is 11.3. The molecule has 0 aliphatic carbocycles. The Balaban J connectivity index is 1.57. The highest BCUT2D eigenvalue weighted by atomic mass is 16.5. The molecule has 0 bridgehead atoms. The molecule has 1 aromatic carbocycles. The Morgan fingerprint density at radius 2 is 1.90 bits per heavy atom. The number of ether oxygens (including phenoxy) is 1. The van der Waals surface area contributed by atoms with Crippen molar-refractivity contribution in [2.75, 3.05) is 50.6 Å². The van der Waals surface area contributed by atoms with Gasteiger partial charge in [0.25, 0.3) is 0 Å². The summed E-state index contributed by atoms with van der Waals surface area (Å²) in [6.07, 6.45) is 3.20. The van der Waals surface area contributed by atoms with E-state index in [-0.39, 0.29) is 5.56 Å². The summed E-state index contributed by atoms with van der Waals surface area (Å²) in [6, 6.07) is 9.40. The largest absolute Gasteiger partial charge is 0.494 e. The zero-order valence-corrected chi connectivity index (χ0v) is 17.9. The van der Waals surface area contributed by atoms with Crippen LogP contribution in [0.25, 0.3) is 11.4 Å². The Kier molecular flexibility index (Phi) is 5.77. The van der Waals surface area contributed by atoms with Crippen molar-refractivity contribution in [3.63, 3.8) is 0 Å². The summed E-state index contributed by atoms with van der Waals surface area (Å²) in [4.78, 5) is 24.8. The molecule has 0 saturated carbocycles. The number of rotatable bonds is 6. The van der Waals surface area contributed by atoms with Gasteiger partial charge in [-0.2, -0.15) is 0 Å². The van der Waals surface area contributed by atoms with Gasteiger partial charge in [0.15, 0.2) is 0 Å². The second-order valence-corrected chi connectivity index (χ2v) is 7.60. The minimum absolute atomic E-state index is 0.215. The number of anilines is 3. The van der Waals surface area contributed by atoms with Crippen molar-refractivity contribution < 1.29 is 14.6 Å². The van der Waals surface area contributed by atoms with E-state index in [9.17, 15) is 9.90 Å². The number of nitrogens with one attached hydrogen (secondary N) is 1. The molecule has 9 nitrogen and oxygen atoms in total. The van der Waals surface area contributed by atoms with E-state index in [4.69, 9.17) is 4.74 Å². The van der Waals surface area contributed by atoms with Crippen LogP contribution in [0.15, 0.2) is 42.7 Å². The number of hydrogen-bond acceptors (Lipinski definition) is 7. The lowest BCUT2D eigenvalue weighted by atomic mass is 10.2. The molecular weight excluding hydrogens is 396 g/mol. The van der Waals surface area contributed by atoms with Gasteiger partial charge in [-0.3, -0.25) is 0 Å². The standard InChI is InChI=1S/C22H26N6O3/c1-26-8-10-28(11-9-26)16-4-5-18(20(13-16)31-3)25-22-23-7-6-17(24-22)19-12-15(21(29)30)14-27(19)2/h4-7,12-14H,8-11H2,1-3H3,(H,29,30)(H,23,24,25). The van der Waals surface area contributed by atoms with E-state index >= 15 is 0 Å². The van der Waals surface area contributed by atoms with Crippen molar-refractivity contribution in [2.24, 2.45) is 7.05 Å². The second-order valence-electron chi connectivity index (χ2n) is 7.60. The van der Waals surface area contributed by atoms with Gasteiger partial charge >= 0.3 is 5.97 Å². The number of methoxy groups -OCH3 is 1. The van der Waals surface area contributed by atoms with Crippen molar-refractivity contribution in [3.8, 4) is 17.1 Å². The van der Waals surface area contributed by atoms with E-state index in [0.717, 1.165) is 37.6 Å². The number of aromatic carboxylic acids is 1. The number of aromatic nitrogens is 3. The number of piperazine rings is 1. The number of benzene rings is 1. The number of carboxylic acid groups (broad SMARTS) is 1. The van der Waals surface area contributed by atoms with Crippen LogP contribution < -0.4 is 15.0 Å². The second kappa shape index (κ2) is 8.65. The first-order chi connectivity index (χ1) is 14.9. The number of aryl methyl sites for hydroxylation is 1. The number of likely N-dealkylation sites (N-methyl/N-ethyl adjacent to an activating group) is 1. The molecule has 31 heavy (non-hydrogen) atoms. The Hall–Kier alpha value is -3.59. The van der Waals surface area contributed by atoms with Crippen LogP contribution in [0.4, 0.5) is 17.3 Å². The molecule has 0 unspecified atom stereocenters. The molecule has 1 saturated heterocycles. The summed E-state index contributed by atoms with van der Waals surface area (Å²) in [5.41, 5.74) is 3.42. The zero-order chi connectivity index (χ0) is 22.0. The molecular formula is C22H26N6O3. The quantitative estimate of drug-likeness (QED) is 0.626. The van der Waals surface area contributed by atoms with Crippen molar-refractivity contribution in [1.82, 2.24) is 19.4 Å². The van der Waals surface area contributed by atoms with E-state index in [1.54, 1.807) is 43.3 Å². The van der Waals surface area contributed by atoms with Crippen LogP contribution in [-0.2, 0) is 7.05 Å². The minimum atomic E-state index is -0.973. The third-order valence-corrected chi connectivity index (χ3v) is 5.47. The monoisotopic (exact) mass is 422 g/mol. The summed E-state index contributed by atoms with van der Waals surface area (Å²) in [7, 11) is 5.57. The highest BCUT2D eigenvalue weighted by Gasteiger charge is 2.17. The van der Waals surface area contributed by atoms with E-state index in [1.807, 2.05) is 12.1 Å². The molecule has 0 spiro atoms. The molecule has 2 aromatic heterocycles.